The molecule has 0 aliphatic rings. The molecule has 0 aromatic rings. The van der Waals surface area contributed by atoms with Gasteiger partial charge in [-0.2, -0.15) is 0 Å². The van der Waals surface area contributed by atoms with E-state index in [0.717, 1.165) is 89.9 Å². The molecule has 376 valence electrons. The second kappa shape index (κ2) is 47.7. The van der Waals surface area contributed by atoms with E-state index in [4.69, 9.17) is 14.2 Å². The summed E-state index contributed by atoms with van der Waals surface area (Å²) >= 11 is 0. The fourth-order valence-corrected chi connectivity index (χ4v) is 7.23. The average Bonchev–Trinajstić information content (AvgIpc) is 3.28. The molecule has 8 nitrogen and oxygen atoms in total. The Labute approximate surface area is 405 Å². The van der Waals surface area contributed by atoms with Gasteiger partial charge in [0.1, 0.15) is 12.6 Å². The van der Waals surface area contributed by atoms with E-state index < -0.39 is 18.1 Å². The number of ether oxygens (including phenoxy) is 3. The maximum atomic E-state index is 12.8. The Bertz CT molecular complexity index is 1400. The van der Waals surface area contributed by atoms with E-state index in [9.17, 15) is 19.5 Å². The van der Waals surface area contributed by atoms with E-state index in [1.54, 1.807) is 21.1 Å². The van der Waals surface area contributed by atoms with Crippen LogP contribution in [0.15, 0.2) is 97.2 Å². The van der Waals surface area contributed by atoms with Crippen LogP contribution >= 0.6 is 0 Å². The molecule has 0 bridgehead atoms. The minimum atomic E-state index is -1.13. The minimum absolute atomic E-state index is 0.0221. The van der Waals surface area contributed by atoms with Crippen molar-refractivity contribution in [3.05, 3.63) is 97.2 Å². The summed E-state index contributed by atoms with van der Waals surface area (Å²) in [5.41, 5.74) is 0. The predicted molar refractivity (Wildman–Crippen MR) is 277 cm³/mol. The Balaban J connectivity index is 4.27. The number of carboxylic acid groups (broad SMARTS) is 1. The van der Waals surface area contributed by atoms with Crippen LogP contribution in [0.2, 0.25) is 0 Å². The van der Waals surface area contributed by atoms with Gasteiger partial charge in [0.2, 0.25) is 0 Å². The maximum absolute atomic E-state index is 12.8. The number of carbonyl (C=O) groups is 3. The molecule has 2 atom stereocenters. The summed E-state index contributed by atoms with van der Waals surface area (Å²) < 4.78 is 17.2. The van der Waals surface area contributed by atoms with Crippen molar-refractivity contribution < 1.29 is 38.2 Å². The van der Waals surface area contributed by atoms with Gasteiger partial charge in [-0.15, -0.1) is 0 Å². The van der Waals surface area contributed by atoms with Crippen LogP contribution in [0.4, 0.5) is 0 Å². The number of carboxylic acids is 1. The lowest BCUT2D eigenvalue weighted by molar-refractivity contribution is -0.889. The van der Waals surface area contributed by atoms with Crippen LogP contribution in [0.3, 0.4) is 0 Å². The quantitative estimate of drug-likeness (QED) is 0.0259. The highest BCUT2D eigenvalue weighted by molar-refractivity contribution is 5.70. The van der Waals surface area contributed by atoms with Crippen molar-refractivity contribution >= 4 is 17.9 Å². The number of hydrogen-bond acceptors (Lipinski definition) is 7. The highest BCUT2D eigenvalue weighted by Crippen LogP contribution is 2.15. The Morgan fingerprint density at radius 3 is 1.20 bits per heavy atom. The lowest BCUT2D eigenvalue weighted by Crippen LogP contribution is -2.55. The summed E-state index contributed by atoms with van der Waals surface area (Å²) in [5, 5.41) is 11.7. The van der Waals surface area contributed by atoms with Crippen molar-refractivity contribution in [2.75, 3.05) is 41.0 Å². The first-order valence-corrected chi connectivity index (χ1v) is 26.3. The van der Waals surface area contributed by atoms with Crippen LogP contribution in [0.25, 0.3) is 0 Å². The third-order valence-electron chi connectivity index (χ3n) is 11.2. The van der Waals surface area contributed by atoms with Crippen molar-refractivity contribution in [3.8, 4) is 0 Å². The van der Waals surface area contributed by atoms with Gasteiger partial charge in [0.05, 0.1) is 40.3 Å². The van der Waals surface area contributed by atoms with Gasteiger partial charge in [-0.05, 0) is 89.9 Å². The third kappa shape index (κ3) is 45.4. The number of quaternary nitrogens is 1. The molecule has 0 saturated heterocycles. The van der Waals surface area contributed by atoms with E-state index in [1.807, 2.05) is 0 Å². The lowest BCUT2D eigenvalue weighted by atomic mass is 10.0. The first-order valence-electron chi connectivity index (χ1n) is 26.3. The minimum Gasteiger partial charge on any atom is -0.544 e. The standard InChI is InChI=1S/C58H97NO7/c1-6-8-10-12-14-16-18-20-22-24-26-27-28-29-31-32-34-36-38-40-42-44-46-48-56(60)65-53-54(52-64-51-50-55(58(62)63)59(3,4)5)66-57(61)49-47-45-43-41-39-37-35-33-30-25-23-21-19-17-15-13-11-9-7-2/h8-11,14-17,20-23,30,33,37,39,54-55H,6-7,12-13,18-19,24-29,31-32,34-36,38,40-53H2,1-5H3/b10-8+,11-9+,16-14+,17-15+,22-20+,23-21+,33-30+,39-37+. The molecule has 0 aliphatic heterocycles. The molecule has 0 amide bonds. The molecule has 0 saturated carbocycles. The van der Waals surface area contributed by atoms with Crippen molar-refractivity contribution in [3.63, 3.8) is 0 Å². The van der Waals surface area contributed by atoms with Gasteiger partial charge in [0.25, 0.3) is 0 Å². The Morgan fingerprint density at radius 1 is 0.455 bits per heavy atom. The molecular weight excluding hydrogens is 823 g/mol. The highest BCUT2D eigenvalue weighted by atomic mass is 16.6. The molecule has 0 aromatic carbocycles. The van der Waals surface area contributed by atoms with Crippen molar-refractivity contribution in [1.29, 1.82) is 0 Å². The Hall–Kier alpha value is -3.75. The molecule has 0 aliphatic carbocycles. The average molecular weight is 920 g/mol. The molecule has 0 fully saturated rings. The number of allylic oxidation sites excluding steroid dienone is 16. The predicted octanol–water partition coefficient (Wildman–Crippen LogP) is 14.1. The number of aliphatic carboxylic acids is 1. The number of unbranched alkanes of at least 4 members (excludes halogenated alkanes) is 16. The van der Waals surface area contributed by atoms with Crippen LogP contribution in [0, 0.1) is 0 Å². The fourth-order valence-electron chi connectivity index (χ4n) is 7.23. The van der Waals surface area contributed by atoms with Crippen LogP contribution in [-0.2, 0) is 28.6 Å². The number of esters is 2. The second-order valence-corrected chi connectivity index (χ2v) is 18.3. The highest BCUT2D eigenvalue weighted by Gasteiger charge is 2.25. The van der Waals surface area contributed by atoms with E-state index in [2.05, 4.69) is 111 Å². The van der Waals surface area contributed by atoms with Gasteiger partial charge in [0, 0.05) is 19.3 Å². The van der Waals surface area contributed by atoms with Gasteiger partial charge in [-0.25, -0.2) is 0 Å². The molecule has 0 radical (unpaired) electrons. The number of likely N-dealkylation sites (N-methyl/N-ethyl adjacent to an activating group) is 1. The van der Waals surface area contributed by atoms with E-state index in [-0.39, 0.29) is 49.1 Å². The Kier molecular flexibility index (Phi) is 45.0. The molecule has 66 heavy (non-hydrogen) atoms. The Morgan fingerprint density at radius 2 is 0.803 bits per heavy atom. The zero-order chi connectivity index (χ0) is 48.4. The van der Waals surface area contributed by atoms with Gasteiger partial charge >= 0.3 is 11.9 Å². The maximum Gasteiger partial charge on any atom is 0.306 e. The zero-order valence-electron chi connectivity index (χ0n) is 42.8. The van der Waals surface area contributed by atoms with E-state index in [0.29, 0.717) is 12.8 Å². The lowest BCUT2D eigenvalue weighted by Gasteiger charge is -2.34. The first-order chi connectivity index (χ1) is 32.1. The molecule has 0 rings (SSSR count). The smallest absolute Gasteiger partial charge is 0.306 e. The molecule has 8 heteroatoms. The molecule has 0 heterocycles. The normalized spacial score (nSPS) is 13.7. The number of hydrogen-bond donors (Lipinski definition) is 0. The summed E-state index contributed by atoms with van der Waals surface area (Å²) in [6, 6.07) is -0.738. The van der Waals surface area contributed by atoms with Crippen LogP contribution < -0.4 is 5.11 Å². The molecule has 0 spiro atoms. The SMILES string of the molecule is CC/C=C/C/C=C/C/C=C/C/C=C/C/C=C/CCCCCC(=O)OC(COCCC(C(=O)[O-])[N+](C)(C)C)COC(=O)CCCCCCCCCCCCCCC/C=C/C/C=C/C/C=C/CC. The summed E-state index contributed by atoms with van der Waals surface area (Å²) in [4.78, 5) is 37.1. The second-order valence-electron chi connectivity index (χ2n) is 18.3. The number of nitrogens with zero attached hydrogens (tertiary/aromatic N) is 1. The molecule has 2 unspecified atom stereocenters. The van der Waals surface area contributed by atoms with E-state index >= 15 is 0 Å². The van der Waals surface area contributed by atoms with Crippen LogP contribution in [-0.4, -0.2) is 75.5 Å². The summed E-state index contributed by atoms with van der Waals surface area (Å²) in [7, 11) is 5.40. The monoisotopic (exact) mass is 920 g/mol. The van der Waals surface area contributed by atoms with Crippen molar-refractivity contribution in [2.45, 2.75) is 212 Å². The van der Waals surface area contributed by atoms with Crippen molar-refractivity contribution in [1.82, 2.24) is 0 Å². The topological polar surface area (TPSA) is 102 Å². The summed E-state index contributed by atoms with van der Waals surface area (Å²) in [6.45, 7) is 4.41. The molecule has 0 N–H and O–H groups in total. The number of carbonyl (C=O) groups excluding carboxylic acids is 3. The van der Waals surface area contributed by atoms with Gasteiger partial charge < -0.3 is 28.6 Å². The largest absolute Gasteiger partial charge is 0.544 e. The zero-order valence-corrected chi connectivity index (χ0v) is 42.8. The summed E-state index contributed by atoms with van der Waals surface area (Å²) in [6.07, 6.45) is 64.4. The van der Waals surface area contributed by atoms with Gasteiger partial charge in [0.15, 0.2) is 6.10 Å². The summed E-state index contributed by atoms with van der Waals surface area (Å²) in [5.74, 6) is -1.78. The third-order valence-corrected chi connectivity index (χ3v) is 11.2. The van der Waals surface area contributed by atoms with Gasteiger partial charge in [-0.1, -0.05) is 188 Å². The van der Waals surface area contributed by atoms with Crippen LogP contribution in [0.1, 0.15) is 200 Å². The van der Waals surface area contributed by atoms with E-state index in [1.165, 1.54) is 70.6 Å². The van der Waals surface area contributed by atoms with Crippen LogP contribution in [0.5, 0.6) is 0 Å². The molecule has 0 aromatic heterocycles. The number of rotatable bonds is 46. The van der Waals surface area contributed by atoms with Gasteiger partial charge in [-0.3, -0.25) is 9.59 Å². The fraction of sp³-hybridized carbons (Fsp3) is 0.672. The first kappa shape index (κ1) is 62.2. The van der Waals surface area contributed by atoms with Crippen molar-refractivity contribution in [2.24, 2.45) is 0 Å². The molecular formula is C58H97NO7.